The fourth-order valence-electron chi connectivity index (χ4n) is 4.01. The fourth-order valence-corrected chi connectivity index (χ4v) is 4.01. The number of aromatic nitrogens is 2. The lowest BCUT2D eigenvalue weighted by atomic mass is 10.00. The molecule has 8 nitrogen and oxygen atoms in total. The van der Waals surface area contributed by atoms with Gasteiger partial charge in [-0.05, 0) is 28.3 Å². The second-order valence-electron chi connectivity index (χ2n) is 8.80. The van der Waals surface area contributed by atoms with Gasteiger partial charge in [0.05, 0.1) is 6.04 Å². The molecule has 2 atom stereocenters. The molecule has 2 amide bonds. The minimum atomic E-state index is -0.759. The number of nitrogens with two attached hydrogens (primary N) is 1. The maximum absolute atomic E-state index is 13.4. The summed E-state index contributed by atoms with van der Waals surface area (Å²) in [5.41, 5.74) is 8.34. The Kier molecular flexibility index (Phi) is 7.22. The van der Waals surface area contributed by atoms with Crippen molar-refractivity contribution in [3.05, 3.63) is 95.6 Å². The summed E-state index contributed by atoms with van der Waals surface area (Å²) in [6.45, 7) is 0. The lowest BCUT2D eigenvalue weighted by Crippen LogP contribution is -2.45. The Labute approximate surface area is 204 Å². The summed E-state index contributed by atoms with van der Waals surface area (Å²) in [5.74, 6) is -0.490. The summed E-state index contributed by atoms with van der Waals surface area (Å²) in [5, 5.41) is 6.07. The number of likely N-dealkylation sites (N-methyl/N-ethyl adjacent to an activating group) is 1. The van der Waals surface area contributed by atoms with Crippen LogP contribution in [-0.4, -0.2) is 58.9 Å². The summed E-state index contributed by atoms with van der Waals surface area (Å²) in [4.78, 5) is 32.9. The van der Waals surface area contributed by atoms with Gasteiger partial charge in [-0.3, -0.25) is 9.59 Å². The van der Waals surface area contributed by atoms with Crippen LogP contribution in [0.15, 0.2) is 77.3 Å². The first-order chi connectivity index (χ1) is 16.8. The molecule has 4 rings (SSSR count). The lowest BCUT2D eigenvalue weighted by molar-refractivity contribution is -0.134. The second-order valence-corrected chi connectivity index (χ2v) is 8.80. The molecule has 0 saturated heterocycles. The Bertz CT molecular complexity index is 1320. The molecule has 180 valence electrons. The number of nitrogens with zero attached hydrogens (tertiary/aromatic N) is 4. The van der Waals surface area contributed by atoms with Crippen LogP contribution in [0.2, 0.25) is 0 Å². The zero-order valence-corrected chi connectivity index (χ0v) is 20.1. The normalized spacial score (nSPS) is 12.8. The number of carbonyl (C=O) groups is 2. The number of carbonyl (C=O) groups excluding carboxylic acids is 2. The van der Waals surface area contributed by atoms with Crippen molar-refractivity contribution >= 4 is 22.6 Å². The van der Waals surface area contributed by atoms with Crippen LogP contribution >= 0.6 is 0 Å². The highest BCUT2D eigenvalue weighted by atomic mass is 16.5. The van der Waals surface area contributed by atoms with Crippen LogP contribution in [0, 0.1) is 0 Å². The highest BCUT2D eigenvalue weighted by molar-refractivity contribution is 5.90. The number of rotatable bonds is 8. The molecule has 0 saturated carbocycles. The quantitative estimate of drug-likeness (QED) is 0.423. The van der Waals surface area contributed by atoms with Gasteiger partial charge in [0.15, 0.2) is 0 Å². The topological polar surface area (TPSA) is 106 Å². The van der Waals surface area contributed by atoms with Gasteiger partial charge in [-0.25, -0.2) is 0 Å². The molecule has 2 unspecified atom stereocenters. The summed E-state index contributed by atoms with van der Waals surface area (Å²) in [6.07, 6.45) is 0.823. The van der Waals surface area contributed by atoms with Gasteiger partial charge in [0.1, 0.15) is 6.04 Å². The first-order valence-corrected chi connectivity index (χ1v) is 11.4. The first-order valence-electron chi connectivity index (χ1n) is 11.4. The third-order valence-corrected chi connectivity index (χ3v) is 6.00. The summed E-state index contributed by atoms with van der Waals surface area (Å²) in [7, 11) is 4.90. The average Bonchev–Trinajstić information content (AvgIpc) is 3.36. The second kappa shape index (κ2) is 10.5. The zero-order chi connectivity index (χ0) is 24.9. The summed E-state index contributed by atoms with van der Waals surface area (Å²) >= 11 is 0. The van der Waals surface area contributed by atoms with E-state index < -0.39 is 12.1 Å². The van der Waals surface area contributed by atoms with Gasteiger partial charge in [-0.1, -0.05) is 78.0 Å². The van der Waals surface area contributed by atoms with E-state index in [1.165, 1.54) is 9.80 Å². The molecular formula is C27H29N5O3. The molecule has 1 heterocycles. The van der Waals surface area contributed by atoms with Crippen molar-refractivity contribution in [1.29, 1.82) is 0 Å². The van der Waals surface area contributed by atoms with Crippen LogP contribution in [0.1, 0.15) is 33.7 Å². The Morgan fingerprint density at radius 1 is 0.886 bits per heavy atom. The van der Waals surface area contributed by atoms with Gasteiger partial charge in [-0.2, -0.15) is 4.98 Å². The van der Waals surface area contributed by atoms with Crippen LogP contribution in [0.5, 0.6) is 0 Å². The van der Waals surface area contributed by atoms with Crippen LogP contribution in [0.3, 0.4) is 0 Å². The van der Waals surface area contributed by atoms with Gasteiger partial charge in [-0.15, -0.1) is 0 Å². The number of hydrogen-bond acceptors (Lipinski definition) is 6. The number of fused-ring (bicyclic) bond motifs is 1. The zero-order valence-electron chi connectivity index (χ0n) is 20.1. The van der Waals surface area contributed by atoms with Gasteiger partial charge < -0.3 is 20.1 Å². The number of benzene rings is 3. The Balaban J connectivity index is 1.56. The van der Waals surface area contributed by atoms with Crippen LogP contribution in [0.25, 0.3) is 10.8 Å². The van der Waals surface area contributed by atoms with Crippen molar-refractivity contribution in [3.63, 3.8) is 0 Å². The van der Waals surface area contributed by atoms with E-state index in [1.54, 1.807) is 21.1 Å². The molecule has 0 radical (unpaired) electrons. The molecule has 0 aliphatic heterocycles. The average molecular weight is 472 g/mol. The SMILES string of the molecule is CN(C)C(=O)c1noc(C(Cc2ccccc2)N(C)C(=O)C(N)Cc2ccc3ccccc3c2)n1. The van der Waals surface area contributed by atoms with E-state index in [-0.39, 0.29) is 23.5 Å². The third kappa shape index (κ3) is 5.55. The highest BCUT2D eigenvalue weighted by Gasteiger charge is 2.31. The molecule has 2 N–H and O–H groups in total. The van der Waals surface area contributed by atoms with Gasteiger partial charge in [0, 0.05) is 27.6 Å². The molecule has 35 heavy (non-hydrogen) atoms. The molecule has 0 aliphatic carbocycles. The van der Waals surface area contributed by atoms with E-state index in [9.17, 15) is 9.59 Å². The number of hydrogen-bond donors (Lipinski definition) is 1. The van der Waals surface area contributed by atoms with E-state index in [0.717, 1.165) is 21.9 Å². The molecule has 1 aromatic heterocycles. The van der Waals surface area contributed by atoms with Crippen molar-refractivity contribution in [2.24, 2.45) is 5.73 Å². The van der Waals surface area contributed by atoms with Gasteiger partial charge >= 0.3 is 0 Å². The predicted octanol–water partition coefficient (Wildman–Crippen LogP) is 3.24. The Morgan fingerprint density at radius 3 is 2.29 bits per heavy atom. The molecular weight excluding hydrogens is 442 g/mol. The van der Waals surface area contributed by atoms with Gasteiger partial charge in [0.2, 0.25) is 11.8 Å². The molecule has 8 heteroatoms. The smallest absolute Gasteiger partial charge is 0.294 e. The standard InChI is InChI=1S/C27H29N5O3/c1-31(2)27(34)24-29-25(35-30-24)23(17-18-9-5-4-6-10-18)32(3)26(33)22(28)16-19-13-14-20-11-7-8-12-21(20)15-19/h4-15,22-23H,16-17,28H2,1-3H3. The monoisotopic (exact) mass is 471 g/mol. The minimum absolute atomic E-state index is 0.0515. The van der Waals surface area contributed by atoms with Crippen molar-refractivity contribution in [2.45, 2.75) is 24.9 Å². The van der Waals surface area contributed by atoms with Crippen molar-refractivity contribution in [3.8, 4) is 0 Å². The Morgan fingerprint density at radius 2 is 1.57 bits per heavy atom. The first kappa shape index (κ1) is 24.1. The summed E-state index contributed by atoms with van der Waals surface area (Å²) < 4.78 is 5.44. The fraction of sp³-hybridized carbons (Fsp3) is 0.259. The van der Waals surface area contributed by atoms with Gasteiger partial charge in [0.25, 0.3) is 11.7 Å². The van der Waals surface area contributed by atoms with E-state index >= 15 is 0 Å². The molecule has 0 bridgehead atoms. The number of amides is 2. The molecule has 4 aromatic rings. The maximum Gasteiger partial charge on any atom is 0.294 e. The van der Waals surface area contributed by atoms with Crippen LogP contribution in [0.4, 0.5) is 0 Å². The lowest BCUT2D eigenvalue weighted by Gasteiger charge is -2.28. The van der Waals surface area contributed by atoms with E-state index in [2.05, 4.69) is 16.2 Å². The van der Waals surface area contributed by atoms with Crippen molar-refractivity contribution in [2.75, 3.05) is 21.1 Å². The molecule has 0 spiro atoms. The molecule has 3 aromatic carbocycles. The van der Waals surface area contributed by atoms with Crippen LogP contribution < -0.4 is 5.73 Å². The van der Waals surface area contributed by atoms with Crippen molar-refractivity contribution < 1.29 is 14.1 Å². The van der Waals surface area contributed by atoms with E-state index in [1.807, 2.05) is 66.7 Å². The highest BCUT2D eigenvalue weighted by Crippen LogP contribution is 2.25. The van der Waals surface area contributed by atoms with E-state index in [4.69, 9.17) is 10.3 Å². The maximum atomic E-state index is 13.4. The molecule has 0 aliphatic rings. The molecule has 0 fully saturated rings. The van der Waals surface area contributed by atoms with Crippen LogP contribution in [-0.2, 0) is 17.6 Å². The van der Waals surface area contributed by atoms with E-state index in [0.29, 0.717) is 12.8 Å². The summed E-state index contributed by atoms with van der Waals surface area (Å²) in [6, 6.07) is 22.5. The predicted molar refractivity (Wildman–Crippen MR) is 134 cm³/mol. The van der Waals surface area contributed by atoms with Crippen molar-refractivity contribution in [1.82, 2.24) is 19.9 Å². The third-order valence-electron chi connectivity index (χ3n) is 6.00. The Hall–Kier alpha value is -4.04. The minimum Gasteiger partial charge on any atom is -0.342 e. The largest absolute Gasteiger partial charge is 0.342 e.